The Morgan fingerprint density at radius 2 is 1.59 bits per heavy atom. The summed E-state index contributed by atoms with van der Waals surface area (Å²) in [6, 6.07) is 0. The van der Waals surface area contributed by atoms with Gasteiger partial charge < -0.3 is 34.6 Å². The first-order valence-electron chi connectivity index (χ1n) is 15.5. The van der Waals surface area contributed by atoms with Gasteiger partial charge in [0.15, 0.2) is 11.4 Å². The number of esters is 2. The van der Waals surface area contributed by atoms with Gasteiger partial charge in [-0.15, -0.1) is 0 Å². The highest BCUT2D eigenvalue weighted by molar-refractivity contribution is 5.97. The molecule has 4 saturated carbocycles. The van der Waals surface area contributed by atoms with Crippen LogP contribution in [0.4, 0.5) is 0 Å². The zero-order valence-electron chi connectivity index (χ0n) is 25.6. The molecule has 0 aromatic heterocycles. The lowest BCUT2D eigenvalue weighted by Crippen LogP contribution is -2.73. The smallest absolute Gasteiger partial charge is 0.343 e. The van der Waals surface area contributed by atoms with E-state index in [1.54, 1.807) is 19.9 Å². The summed E-state index contributed by atoms with van der Waals surface area (Å²) in [6.07, 6.45) is -5.40. The number of ether oxygens (including phenoxy) is 3. The third-order valence-corrected chi connectivity index (χ3v) is 13.5. The molecule has 4 N–H and O–H groups in total. The van der Waals surface area contributed by atoms with Crippen molar-refractivity contribution in [2.24, 2.45) is 57.7 Å². The number of allylic oxidation sites excluding steroid dienone is 1. The molecule has 12 nitrogen and oxygen atoms in total. The minimum absolute atomic E-state index is 0.127. The van der Waals surface area contributed by atoms with Crippen LogP contribution < -0.4 is 0 Å². The van der Waals surface area contributed by atoms with E-state index >= 15 is 0 Å². The van der Waals surface area contributed by atoms with E-state index in [1.165, 1.54) is 27.7 Å². The van der Waals surface area contributed by atoms with Crippen molar-refractivity contribution >= 4 is 29.3 Å². The minimum Gasteiger partial charge on any atom is -0.462 e. The van der Waals surface area contributed by atoms with Gasteiger partial charge >= 0.3 is 11.9 Å². The molecule has 0 radical (unpaired) electrons. The number of epoxide rings is 1. The normalized spacial score (nSPS) is 56.5. The van der Waals surface area contributed by atoms with Crippen molar-refractivity contribution in [3.8, 4) is 0 Å². The summed E-state index contributed by atoms with van der Waals surface area (Å²) in [7, 11) is 0. The highest BCUT2D eigenvalue weighted by atomic mass is 16.6. The van der Waals surface area contributed by atoms with Gasteiger partial charge in [0.05, 0.1) is 34.6 Å². The van der Waals surface area contributed by atoms with Crippen molar-refractivity contribution in [2.45, 2.75) is 96.6 Å². The first-order valence-corrected chi connectivity index (χ1v) is 15.5. The molecule has 17 atom stereocenters. The van der Waals surface area contributed by atoms with Gasteiger partial charge in [-0.05, 0) is 64.4 Å². The average Bonchev–Trinajstić information content (AvgIpc) is 3.61. The zero-order chi connectivity index (χ0) is 32.2. The van der Waals surface area contributed by atoms with E-state index in [9.17, 15) is 44.4 Å². The second kappa shape index (κ2) is 8.85. The van der Waals surface area contributed by atoms with Crippen molar-refractivity contribution in [1.29, 1.82) is 0 Å². The molecule has 7 aliphatic rings. The Bertz CT molecular complexity index is 1430. The summed E-state index contributed by atoms with van der Waals surface area (Å²) in [5.41, 5.74) is -7.09. The van der Waals surface area contributed by atoms with E-state index in [0.29, 0.717) is 0 Å². The predicted molar refractivity (Wildman–Crippen MR) is 146 cm³/mol. The third-order valence-electron chi connectivity index (χ3n) is 13.5. The van der Waals surface area contributed by atoms with E-state index < -0.39 is 129 Å². The van der Waals surface area contributed by atoms with Crippen LogP contribution in [-0.4, -0.2) is 91.9 Å². The van der Waals surface area contributed by atoms with Crippen LogP contribution in [0.2, 0.25) is 0 Å². The average molecular weight is 617 g/mol. The molecule has 2 heterocycles. The Morgan fingerprint density at radius 1 is 0.955 bits per heavy atom. The molecule has 0 bridgehead atoms. The van der Waals surface area contributed by atoms with E-state index in [0.717, 1.165) is 0 Å². The SMILES string of the molecule is CC(=O)O[C@@H]1[C@H]2[C@@H]3[C@@H](O)C(=O)[C@H]4C[C@@H]5O[C@@H]5[C@H](O)[C@]4(C(C)=O)[C@H]3C[C@H](O)[C@]2(C(C)=O)[C@@H]2[C@@H]1[C@]1(C)C(=C[C@H]2C)OC(=O)[C@@]1(C)O. The lowest BCUT2D eigenvalue weighted by molar-refractivity contribution is -0.227. The standard InChI is InChI=1S/C32H40O12/c1-10-7-18-29(5,30(6,41)28(40)44-18)22-20(10)32(12(3)34)17(36)9-14-19(21(32)26(22)42-13(4)35)24(38)23(37)15-8-16-25(43-16)27(39)31(14,15)11(2)33/h7,10,14-17,19-22,24-27,36,38-39,41H,8-9H2,1-6H3/t10-,14+,15-,16+,17+,19-,20+,21-,22+,24-,25+,26-,27+,29+,30-,31-,32-/m1/s1. The Labute approximate surface area is 254 Å². The lowest BCUT2D eigenvalue weighted by Gasteiger charge is -2.63. The minimum atomic E-state index is -2.12. The summed E-state index contributed by atoms with van der Waals surface area (Å²) >= 11 is 0. The van der Waals surface area contributed by atoms with Crippen molar-refractivity contribution in [3.63, 3.8) is 0 Å². The van der Waals surface area contributed by atoms with Crippen LogP contribution in [0, 0.1) is 57.7 Å². The summed E-state index contributed by atoms with van der Waals surface area (Å²) in [6.45, 7) is 8.46. The second-order valence-corrected chi connectivity index (χ2v) is 14.8. The Morgan fingerprint density at radius 3 is 2.18 bits per heavy atom. The molecule has 6 fully saturated rings. The molecule has 12 heteroatoms. The van der Waals surface area contributed by atoms with E-state index in [4.69, 9.17) is 14.2 Å². The quantitative estimate of drug-likeness (QED) is 0.242. The molecule has 240 valence electrons. The summed E-state index contributed by atoms with van der Waals surface area (Å²) in [5.74, 6) is -9.95. The maximum absolute atomic E-state index is 14.2. The molecule has 0 spiro atoms. The number of hydrogen-bond acceptors (Lipinski definition) is 12. The number of ketones is 3. The van der Waals surface area contributed by atoms with Gasteiger partial charge in [0, 0.05) is 30.6 Å². The fourth-order valence-corrected chi connectivity index (χ4v) is 11.7. The van der Waals surface area contributed by atoms with Crippen molar-refractivity contribution < 1.29 is 58.6 Å². The summed E-state index contributed by atoms with van der Waals surface area (Å²) in [4.78, 5) is 67.9. The molecule has 0 unspecified atom stereocenters. The Kier molecular flexibility index (Phi) is 6.06. The highest BCUT2D eigenvalue weighted by Gasteiger charge is 2.83. The van der Waals surface area contributed by atoms with Gasteiger partial charge in [0.2, 0.25) is 0 Å². The van der Waals surface area contributed by atoms with E-state index in [2.05, 4.69) is 0 Å². The predicted octanol–water partition coefficient (Wildman–Crippen LogP) is -0.132. The fraction of sp³-hybridized carbons (Fsp3) is 0.781. The molecule has 0 aromatic rings. The number of carbonyl (C=O) groups excluding carboxylic acids is 5. The van der Waals surface area contributed by atoms with Gasteiger partial charge in [-0.25, -0.2) is 4.79 Å². The van der Waals surface area contributed by atoms with Crippen LogP contribution in [0.25, 0.3) is 0 Å². The molecule has 44 heavy (non-hydrogen) atoms. The molecule has 2 aliphatic heterocycles. The molecular formula is C32H40O12. The Balaban J connectivity index is 1.51. The Hall–Kier alpha value is -2.51. The maximum Gasteiger partial charge on any atom is 0.343 e. The second-order valence-electron chi connectivity index (χ2n) is 14.8. The van der Waals surface area contributed by atoms with Crippen LogP contribution in [-0.2, 0) is 38.2 Å². The molecule has 2 saturated heterocycles. The number of Topliss-reactive ketones (excluding diaryl/α,β-unsaturated/α-hetero) is 3. The number of hydrogen-bond donors (Lipinski definition) is 4. The molecular weight excluding hydrogens is 576 g/mol. The lowest BCUT2D eigenvalue weighted by atomic mass is 9.40. The molecule has 5 aliphatic carbocycles. The topological polar surface area (TPSA) is 197 Å². The van der Waals surface area contributed by atoms with Gasteiger partial charge in [-0.2, -0.15) is 0 Å². The van der Waals surface area contributed by atoms with E-state index in [-0.39, 0.29) is 18.6 Å². The number of rotatable bonds is 3. The first kappa shape index (κ1) is 30.2. The number of aliphatic hydroxyl groups excluding tert-OH is 3. The fourth-order valence-electron chi connectivity index (χ4n) is 11.7. The van der Waals surface area contributed by atoms with Crippen molar-refractivity contribution in [1.82, 2.24) is 0 Å². The number of aliphatic hydroxyl groups is 4. The van der Waals surface area contributed by atoms with Gasteiger partial charge in [0.25, 0.3) is 0 Å². The number of fused-ring (bicyclic) bond motifs is 10. The molecule has 0 aromatic carbocycles. The molecule has 7 rings (SSSR count). The molecule has 0 amide bonds. The maximum atomic E-state index is 14.2. The largest absolute Gasteiger partial charge is 0.462 e. The number of carbonyl (C=O) groups is 5. The van der Waals surface area contributed by atoms with Gasteiger partial charge in [-0.3, -0.25) is 19.2 Å². The zero-order valence-corrected chi connectivity index (χ0v) is 25.6. The van der Waals surface area contributed by atoms with Crippen LogP contribution >= 0.6 is 0 Å². The monoisotopic (exact) mass is 616 g/mol. The third kappa shape index (κ3) is 3.05. The van der Waals surface area contributed by atoms with Crippen LogP contribution in [0.5, 0.6) is 0 Å². The van der Waals surface area contributed by atoms with Crippen LogP contribution in [0.1, 0.15) is 54.4 Å². The van der Waals surface area contributed by atoms with E-state index in [1.807, 2.05) is 0 Å². The van der Waals surface area contributed by atoms with Crippen LogP contribution in [0.15, 0.2) is 11.8 Å². The summed E-state index contributed by atoms with van der Waals surface area (Å²) in [5, 5.41) is 47.6. The first-order chi connectivity index (χ1) is 20.4. The van der Waals surface area contributed by atoms with Gasteiger partial charge in [0.1, 0.15) is 35.6 Å². The highest BCUT2D eigenvalue weighted by Crippen LogP contribution is 2.75. The van der Waals surface area contributed by atoms with Crippen molar-refractivity contribution in [2.75, 3.05) is 0 Å². The summed E-state index contributed by atoms with van der Waals surface area (Å²) < 4.78 is 17.3. The van der Waals surface area contributed by atoms with Gasteiger partial charge in [-0.1, -0.05) is 6.92 Å². The van der Waals surface area contributed by atoms with Crippen LogP contribution in [0.3, 0.4) is 0 Å². The van der Waals surface area contributed by atoms with Crippen molar-refractivity contribution in [3.05, 3.63) is 11.8 Å².